The largest absolute Gasteiger partial charge is 0.307 e. The van der Waals surface area contributed by atoms with Crippen LogP contribution >= 0.6 is 0 Å². The van der Waals surface area contributed by atoms with Crippen molar-refractivity contribution in [1.82, 2.24) is 4.98 Å². The van der Waals surface area contributed by atoms with Crippen LogP contribution in [0.2, 0.25) is 0 Å². The number of nitrogens with zero attached hydrogens (tertiary/aromatic N) is 2. The van der Waals surface area contributed by atoms with Crippen molar-refractivity contribution in [3.63, 3.8) is 0 Å². The fraction of sp³-hybridized carbons (Fsp3) is 0.0769. The van der Waals surface area contributed by atoms with Crippen molar-refractivity contribution >= 4 is 21.5 Å². The molecule has 0 aliphatic rings. The van der Waals surface area contributed by atoms with Gasteiger partial charge in [-0.3, -0.25) is 4.72 Å². The van der Waals surface area contributed by atoms with E-state index in [0.717, 1.165) is 0 Å². The Hall–Kier alpha value is -2.63. The Balaban J connectivity index is 2.45. The van der Waals surface area contributed by atoms with E-state index >= 15 is 0 Å². The molecule has 0 saturated carbocycles. The van der Waals surface area contributed by atoms with Crippen molar-refractivity contribution < 1.29 is 8.42 Å². The lowest BCUT2D eigenvalue weighted by Gasteiger charge is -2.12. The maximum Gasteiger partial charge on any atom is 0.265 e. The summed E-state index contributed by atoms with van der Waals surface area (Å²) in [7, 11) is -3.87. The highest BCUT2D eigenvalue weighted by atomic mass is 32.2. The number of aromatic nitrogens is 1. The number of hydrazine groups is 1. The molecular formula is C13H13N5O2S. The normalized spacial score (nSPS) is 10.7. The molecule has 0 unspecified atom stereocenters. The number of pyridine rings is 1. The molecule has 0 spiro atoms. The second-order valence-corrected chi connectivity index (χ2v) is 5.89. The average molecular weight is 303 g/mol. The fourth-order valence-corrected chi connectivity index (χ4v) is 2.96. The first-order valence-corrected chi connectivity index (χ1v) is 7.41. The number of benzene rings is 1. The van der Waals surface area contributed by atoms with E-state index in [9.17, 15) is 8.42 Å². The number of nitrogens with two attached hydrogens (primary N) is 1. The molecule has 1 heterocycles. The van der Waals surface area contributed by atoms with Gasteiger partial charge in [0.1, 0.15) is 4.90 Å². The highest BCUT2D eigenvalue weighted by molar-refractivity contribution is 7.92. The number of aryl methyl sites for hydroxylation is 1. The molecule has 0 aliphatic carbocycles. The second kappa shape index (κ2) is 5.78. The summed E-state index contributed by atoms with van der Waals surface area (Å²) in [5, 5.41) is 8.89. The van der Waals surface area contributed by atoms with Gasteiger partial charge in [-0.25, -0.2) is 19.2 Å². The Morgan fingerprint density at radius 1 is 1.33 bits per heavy atom. The van der Waals surface area contributed by atoms with Crippen molar-refractivity contribution in [1.29, 1.82) is 5.26 Å². The number of nitriles is 1. The Morgan fingerprint density at radius 2 is 2.10 bits per heavy atom. The summed E-state index contributed by atoms with van der Waals surface area (Å²) in [5.41, 5.74) is 3.64. The van der Waals surface area contributed by atoms with E-state index in [1.165, 1.54) is 24.4 Å². The predicted molar refractivity (Wildman–Crippen MR) is 78.7 cm³/mol. The zero-order chi connectivity index (χ0) is 15.5. The minimum Gasteiger partial charge on any atom is -0.307 e. The van der Waals surface area contributed by atoms with Gasteiger partial charge in [0, 0.05) is 6.20 Å². The van der Waals surface area contributed by atoms with Gasteiger partial charge < -0.3 is 5.43 Å². The topological polar surface area (TPSA) is 121 Å². The summed E-state index contributed by atoms with van der Waals surface area (Å²) >= 11 is 0. The van der Waals surface area contributed by atoms with Crippen LogP contribution in [-0.4, -0.2) is 13.4 Å². The zero-order valence-electron chi connectivity index (χ0n) is 11.2. The molecule has 7 nitrogen and oxygen atoms in total. The van der Waals surface area contributed by atoms with E-state index in [-0.39, 0.29) is 10.7 Å². The van der Waals surface area contributed by atoms with E-state index < -0.39 is 10.0 Å². The molecule has 1 aromatic carbocycles. The summed E-state index contributed by atoms with van der Waals surface area (Å²) in [5.74, 6) is 5.31. The van der Waals surface area contributed by atoms with Gasteiger partial charge in [0.2, 0.25) is 0 Å². The van der Waals surface area contributed by atoms with Gasteiger partial charge in [-0.15, -0.1) is 0 Å². The second-order valence-electron chi connectivity index (χ2n) is 4.24. The van der Waals surface area contributed by atoms with Crippen LogP contribution in [0.4, 0.5) is 11.5 Å². The lowest BCUT2D eigenvalue weighted by atomic mass is 10.1. The third kappa shape index (κ3) is 3.10. The van der Waals surface area contributed by atoms with E-state index in [1.807, 2.05) is 6.07 Å². The van der Waals surface area contributed by atoms with Crippen LogP contribution in [0.5, 0.6) is 0 Å². The van der Waals surface area contributed by atoms with Gasteiger partial charge >= 0.3 is 0 Å². The molecule has 4 N–H and O–H groups in total. The molecule has 1 aromatic heterocycles. The highest BCUT2D eigenvalue weighted by Crippen LogP contribution is 2.23. The molecule has 0 saturated heterocycles. The molecule has 0 radical (unpaired) electrons. The van der Waals surface area contributed by atoms with Gasteiger partial charge in [0.25, 0.3) is 10.0 Å². The van der Waals surface area contributed by atoms with Crippen molar-refractivity contribution in [3.05, 3.63) is 47.7 Å². The molecule has 0 amide bonds. The predicted octanol–water partition coefficient (Wildman–Crippen LogP) is 1.35. The first-order valence-electron chi connectivity index (χ1n) is 5.93. The summed E-state index contributed by atoms with van der Waals surface area (Å²) in [4.78, 5) is 3.78. The average Bonchev–Trinajstić information content (AvgIpc) is 2.49. The summed E-state index contributed by atoms with van der Waals surface area (Å²) in [6, 6.07) is 9.59. The SMILES string of the molecule is Cc1ccc(C#N)cc1NS(=O)(=O)c1cccnc1NN. The first kappa shape index (κ1) is 14.8. The van der Waals surface area contributed by atoms with E-state index in [2.05, 4.69) is 15.1 Å². The molecule has 0 atom stereocenters. The maximum atomic E-state index is 12.4. The van der Waals surface area contributed by atoms with Crippen LogP contribution in [0, 0.1) is 18.3 Å². The van der Waals surface area contributed by atoms with Crippen molar-refractivity contribution in [2.45, 2.75) is 11.8 Å². The Bertz CT molecular complexity index is 812. The number of hydrogen-bond donors (Lipinski definition) is 3. The monoisotopic (exact) mass is 303 g/mol. The van der Waals surface area contributed by atoms with Crippen LogP contribution < -0.4 is 16.0 Å². The lowest BCUT2D eigenvalue weighted by molar-refractivity contribution is 0.601. The minimum absolute atomic E-state index is 0.0408. The Kier molecular flexibility index (Phi) is 4.07. The molecule has 8 heteroatoms. The lowest BCUT2D eigenvalue weighted by Crippen LogP contribution is -2.19. The van der Waals surface area contributed by atoms with Crippen molar-refractivity contribution in [2.24, 2.45) is 5.84 Å². The van der Waals surface area contributed by atoms with Crippen LogP contribution in [0.25, 0.3) is 0 Å². The minimum atomic E-state index is -3.87. The fourth-order valence-electron chi connectivity index (χ4n) is 1.72. The van der Waals surface area contributed by atoms with Crippen molar-refractivity contribution in [3.8, 4) is 6.07 Å². The number of hydrogen-bond acceptors (Lipinski definition) is 6. The standard InChI is InChI=1S/C13H13N5O2S/c1-9-4-5-10(8-14)7-11(9)18-21(19,20)12-3-2-6-16-13(12)17-15/h2-7,18H,15H2,1H3,(H,16,17). The number of sulfonamides is 1. The van der Waals surface area contributed by atoms with Crippen molar-refractivity contribution in [2.75, 3.05) is 10.1 Å². The van der Waals surface area contributed by atoms with Gasteiger partial charge in [0.05, 0.1) is 17.3 Å². The number of anilines is 2. The molecular weight excluding hydrogens is 290 g/mol. The Labute approximate surface area is 122 Å². The molecule has 2 rings (SSSR count). The summed E-state index contributed by atoms with van der Waals surface area (Å²) in [6.07, 6.45) is 1.43. The smallest absolute Gasteiger partial charge is 0.265 e. The molecule has 108 valence electrons. The van der Waals surface area contributed by atoms with Crippen LogP contribution in [0.1, 0.15) is 11.1 Å². The molecule has 21 heavy (non-hydrogen) atoms. The molecule has 0 bridgehead atoms. The third-order valence-electron chi connectivity index (χ3n) is 2.81. The number of nitrogen functional groups attached to an aromatic ring is 1. The molecule has 2 aromatic rings. The molecule has 0 fully saturated rings. The van der Waals surface area contributed by atoms with Gasteiger partial charge in [-0.1, -0.05) is 6.07 Å². The Morgan fingerprint density at radius 3 is 2.76 bits per heavy atom. The maximum absolute atomic E-state index is 12.4. The quantitative estimate of drug-likeness (QED) is 0.579. The summed E-state index contributed by atoms with van der Waals surface area (Å²) in [6.45, 7) is 1.74. The van der Waals surface area contributed by atoms with Crippen LogP contribution in [0.15, 0.2) is 41.4 Å². The number of rotatable bonds is 4. The van der Waals surface area contributed by atoms with Gasteiger partial charge in [0.15, 0.2) is 5.82 Å². The zero-order valence-corrected chi connectivity index (χ0v) is 12.0. The third-order valence-corrected chi connectivity index (χ3v) is 4.21. The van der Waals surface area contributed by atoms with Crippen LogP contribution in [-0.2, 0) is 10.0 Å². The van der Waals surface area contributed by atoms with E-state index in [0.29, 0.717) is 16.8 Å². The first-order chi connectivity index (χ1) is 9.97. The molecule has 0 aliphatic heterocycles. The van der Waals surface area contributed by atoms with E-state index in [4.69, 9.17) is 11.1 Å². The van der Waals surface area contributed by atoms with Gasteiger partial charge in [-0.2, -0.15) is 5.26 Å². The van der Waals surface area contributed by atoms with Gasteiger partial charge in [-0.05, 0) is 36.8 Å². The van der Waals surface area contributed by atoms with Crippen LogP contribution in [0.3, 0.4) is 0 Å². The highest BCUT2D eigenvalue weighted by Gasteiger charge is 2.20. The number of nitrogens with one attached hydrogen (secondary N) is 2. The van der Waals surface area contributed by atoms with E-state index in [1.54, 1.807) is 19.1 Å². The summed E-state index contributed by atoms with van der Waals surface area (Å²) < 4.78 is 27.2.